The van der Waals surface area contributed by atoms with E-state index in [4.69, 9.17) is 4.74 Å². The predicted octanol–water partition coefficient (Wildman–Crippen LogP) is 5.15. The molecule has 1 aromatic rings. The minimum atomic E-state index is -0.700. The van der Waals surface area contributed by atoms with E-state index in [-0.39, 0.29) is 6.04 Å². The molecule has 2 rings (SSSR count). The number of aliphatic hydroxyl groups is 1. The Morgan fingerprint density at radius 3 is 2.44 bits per heavy atom. The lowest BCUT2D eigenvalue weighted by Crippen LogP contribution is -2.52. The summed E-state index contributed by atoms with van der Waals surface area (Å²) in [5.74, 6) is 2.01. The molecule has 0 saturated carbocycles. The Kier molecular flexibility index (Phi) is 8.38. The van der Waals surface area contributed by atoms with Crippen LogP contribution in [0.4, 0.5) is 4.79 Å². The zero-order valence-electron chi connectivity index (χ0n) is 16.9. The minimum absolute atomic E-state index is 0.349. The van der Waals surface area contributed by atoms with Crippen LogP contribution in [-0.2, 0) is 8.82 Å². The Morgan fingerprint density at radius 2 is 1.89 bits per heavy atom. The van der Waals surface area contributed by atoms with Gasteiger partial charge in [-0.15, -0.1) is 23.5 Å². The molecule has 1 heterocycles. The normalized spacial score (nSPS) is 19.1. The highest BCUT2D eigenvalue weighted by atomic mass is 32.2. The van der Waals surface area contributed by atoms with Gasteiger partial charge in [0.05, 0.1) is 6.04 Å². The topological polar surface area (TPSA) is 58.6 Å². The van der Waals surface area contributed by atoms with Crippen LogP contribution in [-0.4, -0.2) is 40.5 Å². The Hall–Kier alpha value is -0.850. The van der Waals surface area contributed by atoms with Gasteiger partial charge in [-0.3, -0.25) is 0 Å². The van der Waals surface area contributed by atoms with Gasteiger partial charge in [0.15, 0.2) is 0 Å². The number of unbranched alkanes of at least 4 members (excludes halogenated alkanes) is 1. The summed E-state index contributed by atoms with van der Waals surface area (Å²) < 4.78 is 4.98. The van der Waals surface area contributed by atoms with Crippen LogP contribution in [0.25, 0.3) is 0 Å². The van der Waals surface area contributed by atoms with Crippen molar-refractivity contribution in [3.63, 3.8) is 0 Å². The van der Waals surface area contributed by atoms with Crippen LogP contribution in [0.1, 0.15) is 58.9 Å². The maximum atomic E-state index is 12.4. The molecule has 0 aromatic heterocycles. The molecular weight excluding hydrogens is 378 g/mol. The fourth-order valence-corrected chi connectivity index (χ4v) is 6.66. The molecule has 2 N–H and O–H groups in total. The van der Waals surface area contributed by atoms with Gasteiger partial charge in [0.1, 0.15) is 15.8 Å². The van der Waals surface area contributed by atoms with Gasteiger partial charge in [-0.05, 0) is 50.7 Å². The minimum Gasteiger partial charge on any atom is -0.444 e. The number of rotatable bonds is 7. The van der Waals surface area contributed by atoms with Crippen LogP contribution >= 0.6 is 23.5 Å². The second kappa shape index (κ2) is 10.1. The van der Waals surface area contributed by atoms with E-state index in [0.29, 0.717) is 0 Å². The van der Waals surface area contributed by atoms with Crippen LogP contribution in [0.5, 0.6) is 0 Å². The number of hydrogen-bond donors (Lipinski definition) is 2. The van der Waals surface area contributed by atoms with E-state index < -0.39 is 21.9 Å². The number of hydrogen-bond acceptors (Lipinski definition) is 5. The van der Waals surface area contributed by atoms with E-state index in [1.807, 2.05) is 39.0 Å². The molecule has 6 heteroatoms. The zero-order chi connectivity index (χ0) is 19.9. The first-order valence-corrected chi connectivity index (χ1v) is 11.8. The lowest BCUT2D eigenvalue weighted by molar-refractivity contribution is 0.0397. The number of amides is 1. The number of thioether (sulfide) groups is 2. The molecule has 1 aliphatic heterocycles. The third-order valence-electron chi connectivity index (χ3n) is 4.44. The van der Waals surface area contributed by atoms with Crippen molar-refractivity contribution >= 4 is 29.6 Å². The van der Waals surface area contributed by atoms with E-state index in [1.165, 1.54) is 0 Å². The number of aliphatic hydroxyl groups excluding tert-OH is 1. The van der Waals surface area contributed by atoms with Gasteiger partial charge < -0.3 is 15.2 Å². The van der Waals surface area contributed by atoms with Crippen LogP contribution in [0.15, 0.2) is 30.3 Å². The second-order valence-corrected chi connectivity index (χ2v) is 10.9. The molecule has 1 unspecified atom stereocenters. The molecule has 1 aliphatic rings. The number of ether oxygens (including phenoxy) is 1. The summed E-state index contributed by atoms with van der Waals surface area (Å²) in [5.41, 5.74) is 0.551. The van der Waals surface area contributed by atoms with Crippen LogP contribution in [0.2, 0.25) is 0 Å². The number of carbonyl (C=O) groups excluding carboxylic acids is 1. The van der Waals surface area contributed by atoms with E-state index in [1.54, 1.807) is 23.5 Å². The third-order valence-corrected chi connectivity index (χ3v) is 7.94. The van der Waals surface area contributed by atoms with Gasteiger partial charge in [0.2, 0.25) is 0 Å². The average molecular weight is 412 g/mol. The summed E-state index contributed by atoms with van der Waals surface area (Å²) in [5, 5.41) is 14.5. The van der Waals surface area contributed by atoms with Crippen molar-refractivity contribution < 1.29 is 14.6 Å². The van der Waals surface area contributed by atoms with Gasteiger partial charge in [-0.1, -0.05) is 50.1 Å². The highest BCUT2D eigenvalue weighted by Crippen LogP contribution is 2.53. The molecular formula is C21H33NO3S2. The maximum Gasteiger partial charge on any atom is 0.407 e. The van der Waals surface area contributed by atoms with Crippen molar-refractivity contribution in [3.05, 3.63) is 35.9 Å². The first kappa shape index (κ1) is 22.4. The summed E-state index contributed by atoms with van der Waals surface area (Å²) >= 11 is 3.59. The van der Waals surface area contributed by atoms with E-state index >= 15 is 0 Å². The number of alkyl carbamates (subject to hydrolysis) is 1. The van der Waals surface area contributed by atoms with Gasteiger partial charge in [0, 0.05) is 0 Å². The van der Waals surface area contributed by atoms with Gasteiger partial charge >= 0.3 is 6.09 Å². The van der Waals surface area contributed by atoms with Crippen molar-refractivity contribution in [2.24, 2.45) is 0 Å². The molecule has 0 radical (unpaired) electrons. The molecule has 1 amide bonds. The molecule has 4 nitrogen and oxygen atoms in total. The van der Waals surface area contributed by atoms with Gasteiger partial charge in [-0.25, -0.2) is 4.79 Å². The second-order valence-electron chi connectivity index (χ2n) is 7.92. The number of nitrogens with one attached hydrogen (secondary N) is 1. The SMILES string of the molecule is CCCC[C@H](NC(=O)OC(C)(C)C)C(O)C1(c2ccccc2)SCCCS1. The van der Waals surface area contributed by atoms with Crippen molar-refractivity contribution in [1.29, 1.82) is 0 Å². The fraction of sp³-hybridized carbons (Fsp3) is 0.667. The highest BCUT2D eigenvalue weighted by molar-refractivity contribution is 8.18. The first-order chi connectivity index (χ1) is 12.8. The highest BCUT2D eigenvalue weighted by Gasteiger charge is 2.46. The van der Waals surface area contributed by atoms with Gasteiger partial charge in [0.25, 0.3) is 0 Å². The Balaban J connectivity index is 2.26. The molecule has 1 saturated heterocycles. The summed E-state index contributed by atoms with van der Waals surface area (Å²) in [7, 11) is 0. The predicted molar refractivity (Wildman–Crippen MR) is 116 cm³/mol. The standard InChI is InChI=1S/C21H33NO3S2/c1-5-6-13-17(22-19(24)25-20(2,3)4)18(23)21(26-14-10-15-27-21)16-11-8-7-9-12-16/h7-9,11-12,17-18,23H,5-6,10,13-15H2,1-4H3,(H,22,24)/t17-,18?/m0/s1. The van der Waals surface area contributed by atoms with Crippen LogP contribution in [0.3, 0.4) is 0 Å². The van der Waals surface area contributed by atoms with Crippen LogP contribution in [0, 0.1) is 0 Å². The number of carbonyl (C=O) groups is 1. The zero-order valence-corrected chi connectivity index (χ0v) is 18.5. The van der Waals surface area contributed by atoms with Crippen molar-refractivity contribution in [1.82, 2.24) is 5.32 Å². The molecule has 27 heavy (non-hydrogen) atoms. The smallest absolute Gasteiger partial charge is 0.407 e. The molecule has 152 valence electrons. The summed E-state index contributed by atoms with van der Waals surface area (Å²) in [6.07, 6.45) is 2.66. The maximum absolute atomic E-state index is 12.4. The molecule has 0 aliphatic carbocycles. The molecule has 1 fully saturated rings. The van der Waals surface area contributed by atoms with Crippen molar-refractivity contribution in [2.75, 3.05) is 11.5 Å². The quantitative estimate of drug-likeness (QED) is 0.649. The lowest BCUT2D eigenvalue weighted by atomic mass is 9.96. The fourth-order valence-electron chi connectivity index (χ4n) is 3.18. The summed E-state index contributed by atoms with van der Waals surface area (Å²) in [4.78, 5) is 12.4. The van der Waals surface area contributed by atoms with E-state index in [2.05, 4.69) is 24.4 Å². The molecule has 2 atom stereocenters. The first-order valence-electron chi connectivity index (χ1n) is 9.79. The molecule has 0 spiro atoms. The number of benzene rings is 1. The Labute approximate surface area is 172 Å². The summed E-state index contributed by atoms with van der Waals surface area (Å²) in [6.45, 7) is 7.67. The monoisotopic (exact) mass is 411 g/mol. The van der Waals surface area contributed by atoms with E-state index in [0.717, 1.165) is 42.8 Å². The Morgan fingerprint density at radius 1 is 1.26 bits per heavy atom. The molecule has 1 aromatic carbocycles. The van der Waals surface area contributed by atoms with Gasteiger partial charge in [-0.2, -0.15) is 0 Å². The average Bonchev–Trinajstić information content (AvgIpc) is 2.64. The third kappa shape index (κ3) is 6.33. The Bertz CT molecular complexity index is 583. The lowest BCUT2D eigenvalue weighted by Gasteiger charge is -2.43. The van der Waals surface area contributed by atoms with Crippen LogP contribution < -0.4 is 5.32 Å². The largest absolute Gasteiger partial charge is 0.444 e. The molecule has 0 bridgehead atoms. The van der Waals surface area contributed by atoms with Crippen molar-refractivity contribution in [3.8, 4) is 0 Å². The van der Waals surface area contributed by atoms with Crippen molar-refractivity contribution in [2.45, 2.75) is 75.2 Å². The summed E-state index contributed by atoms with van der Waals surface area (Å²) in [6, 6.07) is 9.84. The van der Waals surface area contributed by atoms with E-state index in [9.17, 15) is 9.90 Å².